The van der Waals surface area contributed by atoms with E-state index in [1.807, 2.05) is 6.92 Å². The van der Waals surface area contributed by atoms with Crippen LogP contribution in [0.1, 0.15) is 34.6 Å². The minimum absolute atomic E-state index is 0.187. The Bertz CT molecular complexity index is 1110. The third-order valence-electron chi connectivity index (χ3n) is 5.66. The highest BCUT2D eigenvalue weighted by Crippen LogP contribution is 2.37. The molecule has 9 heteroatoms. The molecule has 1 aromatic carbocycles. The molecule has 0 spiro atoms. The van der Waals surface area contributed by atoms with E-state index in [0.29, 0.717) is 40.9 Å². The molecule has 6 nitrogen and oxygen atoms in total. The van der Waals surface area contributed by atoms with Crippen LogP contribution in [0, 0.1) is 24.5 Å². The molecule has 1 aliphatic rings. The number of likely N-dealkylation sites (tertiary alicyclic amines) is 1. The standard InChI is InChI=1S/C23H21ClF2N4O2/c1-13(32-22-6-4-17(24)10-29-22)18-11-30(23(31)16-8-27-14(2)28-9-16)12-19(18)15-3-5-20(25)21(26)7-15/h3-10,13,18-19H,11-12H2,1-2H3/t13-,18+,19+/m0/s1. The molecule has 2 aromatic heterocycles. The Morgan fingerprint density at radius 2 is 1.84 bits per heavy atom. The van der Waals surface area contributed by atoms with Gasteiger partial charge in [-0.1, -0.05) is 17.7 Å². The zero-order valence-corrected chi connectivity index (χ0v) is 18.3. The van der Waals surface area contributed by atoms with Gasteiger partial charge in [0.15, 0.2) is 11.6 Å². The van der Waals surface area contributed by atoms with Crippen molar-refractivity contribution < 1.29 is 18.3 Å². The number of rotatable bonds is 5. The molecule has 0 saturated carbocycles. The maximum atomic E-state index is 14.0. The molecule has 0 N–H and O–H groups in total. The van der Waals surface area contributed by atoms with Crippen molar-refractivity contribution in [3.63, 3.8) is 0 Å². The van der Waals surface area contributed by atoms with Crippen LogP contribution in [-0.2, 0) is 0 Å². The molecule has 1 amide bonds. The summed E-state index contributed by atoms with van der Waals surface area (Å²) >= 11 is 5.89. The minimum atomic E-state index is -0.925. The fraction of sp³-hybridized carbons (Fsp3) is 0.304. The van der Waals surface area contributed by atoms with Gasteiger partial charge in [-0.3, -0.25) is 4.79 Å². The number of hydrogen-bond donors (Lipinski definition) is 0. The number of aromatic nitrogens is 3. The molecule has 0 aliphatic carbocycles. The Hall–Kier alpha value is -3.13. The van der Waals surface area contributed by atoms with E-state index in [9.17, 15) is 13.6 Å². The summed E-state index contributed by atoms with van der Waals surface area (Å²) in [6.07, 6.45) is 4.09. The molecule has 0 radical (unpaired) electrons. The molecular weight excluding hydrogens is 438 g/mol. The van der Waals surface area contributed by atoms with Gasteiger partial charge in [0, 0.05) is 49.6 Å². The molecule has 1 saturated heterocycles. The van der Waals surface area contributed by atoms with Gasteiger partial charge in [-0.25, -0.2) is 23.7 Å². The topological polar surface area (TPSA) is 68.2 Å². The van der Waals surface area contributed by atoms with Crippen LogP contribution in [0.25, 0.3) is 0 Å². The van der Waals surface area contributed by atoms with Crippen LogP contribution in [0.15, 0.2) is 48.9 Å². The van der Waals surface area contributed by atoms with Crippen LogP contribution in [0.3, 0.4) is 0 Å². The van der Waals surface area contributed by atoms with Gasteiger partial charge < -0.3 is 9.64 Å². The van der Waals surface area contributed by atoms with Crippen LogP contribution >= 0.6 is 11.6 Å². The van der Waals surface area contributed by atoms with Crippen molar-refractivity contribution in [3.8, 4) is 5.88 Å². The first-order chi connectivity index (χ1) is 15.3. The number of carbonyl (C=O) groups excluding carboxylic acids is 1. The van der Waals surface area contributed by atoms with Crippen LogP contribution in [0.2, 0.25) is 5.02 Å². The fourth-order valence-electron chi connectivity index (χ4n) is 3.96. The zero-order chi connectivity index (χ0) is 22.8. The average molecular weight is 459 g/mol. The van der Waals surface area contributed by atoms with Crippen molar-refractivity contribution in [2.24, 2.45) is 5.92 Å². The quantitative estimate of drug-likeness (QED) is 0.565. The third-order valence-corrected chi connectivity index (χ3v) is 5.89. The van der Waals surface area contributed by atoms with Crippen molar-refractivity contribution in [2.45, 2.75) is 25.9 Å². The first-order valence-electron chi connectivity index (χ1n) is 10.1. The number of carbonyl (C=O) groups is 1. The SMILES string of the molecule is Cc1ncc(C(=O)N2C[C@H]([C@H](C)Oc3ccc(Cl)cn3)[C@@H](c3ccc(F)c(F)c3)C2)cn1. The van der Waals surface area contributed by atoms with E-state index in [1.165, 1.54) is 24.7 Å². The molecule has 166 valence electrons. The van der Waals surface area contributed by atoms with Gasteiger partial charge in [-0.05, 0) is 37.6 Å². The fourth-order valence-corrected chi connectivity index (χ4v) is 4.07. The average Bonchev–Trinajstić information content (AvgIpc) is 3.23. The summed E-state index contributed by atoms with van der Waals surface area (Å²) in [5.74, 6) is -1.55. The van der Waals surface area contributed by atoms with Crippen molar-refractivity contribution >= 4 is 17.5 Å². The molecule has 4 rings (SSSR count). The van der Waals surface area contributed by atoms with Gasteiger partial charge in [0.2, 0.25) is 5.88 Å². The van der Waals surface area contributed by atoms with Gasteiger partial charge in [-0.2, -0.15) is 0 Å². The number of hydrogen-bond acceptors (Lipinski definition) is 5. The van der Waals surface area contributed by atoms with E-state index in [1.54, 1.807) is 30.0 Å². The highest BCUT2D eigenvalue weighted by Gasteiger charge is 2.40. The smallest absolute Gasteiger partial charge is 0.257 e. The third kappa shape index (κ3) is 4.70. The lowest BCUT2D eigenvalue weighted by Crippen LogP contribution is -2.32. The Kier molecular flexibility index (Phi) is 6.32. The predicted octanol–water partition coefficient (Wildman–Crippen LogP) is 4.43. The van der Waals surface area contributed by atoms with Gasteiger partial charge in [0.25, 0.3) is 5.91 Å². The van der Waals surface area contributed by atoms with Gasteiger partial charge in [0.1, 0.15) is 11.9 Å². The number of halogens is 3. The lowest BCUT2D eigenvalue weighted by Gasteiger charge is -2.25. The minimum Gasteiger partial charge on any atom is -0.474 e. The predicted molar refractivity (Wildman–Crippen MR) is 115 cm³/mol. The second-order valence-corrected chi connectivity index (χ2v) is 8.25. The van der Waals surface area contributed by atoms with E-state index in [4.69, 9.17) is 16.3 Å². The molecule has 1 aliphatic heterocycles. The summed E-state index contributed by atoms with van der Waals surface area (Å²) in [6.45, 7) is 4.30. The van der Waals surface area contributed by atoms with Crippen LogP contribution in [-0.4, -0.2) is 45.0 Å². The van der Waals surface area contributed by atoms with E-state index < -0.39 is 11.6 Å². The Balaban J connectivity index is 1.61. The number of amides is 1. The van der Waals surface area contributed by atoms with Crippen molar-refractivity contribution in [2.75, 3.05) is 13.1 Å². The maximum Gasteiger partial charge on any atom is 0.257 e. The van der Waals surface area contributed by atoms with Crippen molar-refractivity contribution in [1.82, 2.24) is 19.9 Å². The number of nitrogens with zero attached hydrogens (tertiary/aromatic N) is 4. The zero-order valence-electron chi connectivity index (χ0n) is 17.5. The van der Waals surface area contributed by atoms with Crippen molar-refractivity contribution in [1.29, 1.82) is 0 Å². The van der Waals surface area contributed by atoms with Crippen LogP contribution in [0.4, 0.5) is 8.78 Å². The molecule has 3 atom stereocenters. The second-order valence-electron chi connectivity index (χ2n) is 7.81. The molecule has 1 fully saturated rings. The van der Waals surface area contributed by atoms with E-state index in [2.05, 4.69) is 15.0 Å². The molecule has 0 bridgehead atoms. The van der Waals surface area contributed by atoms with E-state index in [-0.39, 0.29) is 23.8 Å². The molecule has 3 aromatic rings. The Morgan fingerprint density at radius 3 is 2.50 bits per heavy atom. The number of pyridine rings is 1. The Labute approximate surface area is 189 Å². The Morgan fingerprint density at radius 1 is 1.09 bits per heavy atom. The lowest BCUT2D eigenvalue weighted by molar-refractivity contribution is 0.0769. The largest absolute Gasteiger partial charge is 0.474 e. The maximum absolute atomic E-state index is 14.0. The molecule has 3 heterocycles. The van der Waals surface area contributed by atoms with E-state index >= 15 is 0 Å². The number of ether oxygens (including phenoxy) is 1. The number of aryl methyl sites for hydroxylation is 1. The van der Waals surface area contributed by atoms with Crippen LogP contribution in [0.5, 0.6) is 5.88 Å². The second kappa shape index (κ2) is 9.16. The highest BCUT2D eigenvalue weighted by atomic mass is 35.5. The first-order valence-corrected chi connectivity index (χ1v) is 10.5. The molecule has 0 unspecified atom stereocenters. The highest BCUT2D eigenvalue weighted by molar-refractivity contribution is 6.30. The van der Waals surface area contributed by atoms with Gasteiger partial charge in [0.05, 0.1) is 10.6 Å². The monoisotopic (exact) mass is 458 g/mol. The first kappa shape index (κ1) is 22.1. The van der Waals surface area contributed by atoms with Crippen LogP contribution < -0.4 is 4.74 Å². The summed E-state index contributed by atoms with van der Waals surface area (Å²) in [5.41, 5.74) is 0.970. The summed E-state index contributed by atoms with van der Waals surface area (Å²) in [6, 6.07) is 7.17. The summed E-state index contributed by atoms with van der Waals surface area (Å²) in [5, 5.41) is 0.489. The van der Waals surface area contributed by atoms with E-state index in [0.717, 1.165) is 6.07 Å². The lowest BCUT2D eigenvalue weighted by atomic mass is 9.85. The van der Waals surface area contributed by atoms with Crippen molar-refractivity contribution in [3.05, 3.63) is 82.5 Å². The molecule has 32 heavy (non-hydrogen) atoms. The summed E-state index contributed by atoms with van der Waals surface area (Å²) < 4.78 is 33.5. The summed E-state index contributed by atoms with van der Waals surface area (Å²) in [7, 11) is 0. The van der Waals surface area contributed by atoms with Gasteiger partial charge >= 0.3 is 0 Å². The summed E-state index contributed by atoms with van der Waals surface area (Å²) in [4.78, 5) is 27.1. The normalized spacial score (nSPS) is 19.1. The van der Waals surface area contributed by atoms with Gasteiger partial charge in [-0.15, -0.1) is 0 Å². The number of benzene rings is 1. The molecular formula is C23H21ClF2N4O2.